The third-order valence-corrected chi connectivity index (χ3v) is 4.34. The number of benzene rings is 1. The molecule has 0 N–H and O–H groups in total. The lowest BCUT2D eigenvalue weighted by atomic mass is 10.0. The zero-order chi connectivity index (χ0) is 14.2. The van der Waals surface area contributed by atoms with Gasteiger partial charge in [-0.3, -0.25) is 9.78 Å². The number of carbonyl (C=O) groups excluding carboxylic acids is 1. The fourth-order valence-electron chi connectivity index (χ4n) is 2.23. The number of thiophene rings is 1. The molecule has 1 fully saturated rings. The molecule has 1 aliphatic rings. The van der Waals surface area contributed by atoms with Crippen molar-refractivity contribution in [1.82, 2.24) is 4.98 Å². The lowest BCUT2D eigenvalue weighted by Gasteiger charge is -2.06. The Balaban J connectivity index is 1.66. The Morgan fingerprint density at radius 1 is 1.19 bits per heavy atom. The Labute approximate surface area is 126 Å². The number of fused-ring (bicyclic) bond motifs is 1. The van der Waals surface area contributed by atoms with E-state index in [1.165, 1.54) is 0 Å². The van der Waals surface area contributed by atoms with Gasteiger partial charge in [0.05, 0.1) is 16.3 Å². The van der Waals surface area contributed by atoms with Crippen molar-refractivity contribution in [3.05, 3.63) is 59.1 Å². The molecule has 4 heteroatoms. The highest BCUT2D eigenvalue weighted by Crippen LogP contribution is 2.28. The van der Waals surface area contributed by atoms with E-state index >= 15 is 0 Å². The first-order valence-corrected chi connectivity index (χ1v) is 7.82. The van der Waals surface area contributed by atoms with Gasteiger partial charge in [0.15, 0.2) is 5.78 Å². The summed E-state index contributed by atoms with van der Waals surface area (Å²) in [5, 5.41) is 1.98. The summed E-state index contributed by atoms with van der Waals surface area (Å²) in [6.45, 7) is 0. The summed E-state index contributed by atoms with van der Waals surface area (Å²) in [7, 11) is 0. The molecule has 1 aliphatic carbocycles. The molecule has 0 radical (unpaired) electrons. The van der Waals surface area contributed by atoms with E-state index in [9.17, 15) is 4.79 Å². The highest BCUT2D eigenvalue weighted by molar-refractivity contribution is 7.17. The Hall–Kier alpha value is -2.20. The summed E-state index contributed by atoms with van der Waals surface area (Å²) in [4.78, 5) is 16.9. The number of hydrogen-bond acceptors (Lipinski definition) is 4. The van der Waals surface area contributed by atoms with E-state index in [4.69, 9.17) is 4.74 Å². The van der Waals surface area contributed by atoms with Crippen molar-refractivity contribution in [2.75, 3.05) is 0 Å². The molecule has 21 heavy (non-hydrogen) atoms. The van der Waals surface area contributed by atoms with Crippen LogP contribution in [-0.4, -0.2) is 16.9 Å². The molecule has 2 heterocycles. The summed E-state index contributed by atoms with van der Waals surface area (Å²) in [6.07, 6.45) is 4.19. The largest absolute Gasteiger partial charge is 0.490 e. The van der Waals surface area contributed by atoms with Crippen molar-refractivity contribution in [3.8, 4) is 5.75 Å². The molecular weight excluding hydrogens is 282 g/mol. The zero-order valence-electron chi connectivity index (χ0n) is 11.3. The number of ketones is 1. The van der Waals surface area contributed by atoms with Gasteiger partial charge in [-0.05, 0) is 42.5 Å². The van der Waals surface area contributed by atoms with E-state index in [-0.39, 0.29) is 5.78 Å². The molecule has 0 saturated heterocycles. The Morgan fingerprint density at radius 2 is 2.10 bits per heavy atom. The minimum atomic E-state index is -0.0148. The fraction of sp³-hybridized carbons (Fsp3) is 0.176. The van der Waals surface area contributed by atoms with Crippen molar-refractivity contribution in [1.29, 1.82) is 0 Å². The molecule has 1 saturated carbocycles. The highest BCUT2D eigenvalue weighted by atomic mass is 32.1. The van der Waals surface area contributed by atoms with Crippen LogP contribution in [0.15, 0.2) is 48.0 Å². The van der Waals surface area contributed by atoms with E-state index in [0.29, 0.717) is 17.2 Å². The first-order valence-electron chi connectivity index (χ1n) is 6.94. The number of ether oxygens (including phenoxy) is 1. The number of carbonyl (C=O) groups is 1. The third kappa shape index (κ3) is 2.54. The van der Waals surface area contributed by atoms with Gasteiger partial charge in [-0.25, -0.2) is 0 Å². The standard InChI is InChI=1S/C17H13NO2S/c19-17(12-9-16-15(18-10-12)6-7-21-16)11-2-1-3-14(8-11)20-13-4-5-13/h1-3,6-10,13H,4-5H2. The van der Waals surface area contributed by atoms with E-state index in [1.807, 2.05) is 41.8 Å². The lowest BCUT2D eigenvalue weighted by molar-refractivity contribution is 0.103. The molecule has 0 bridgehead atoms. The van der Waals surface area contributed by atoms with Crippen LogP contribution in [-0.2, 0) is 0 Å². The quantitative estimate of drug-likeness (QED) is 0.681. The summed E-state index contributed by atoms with van der Waals surface area (Å²) in [5.41, 5.74) is 2.20. The summed E-state index contributed by atoms with van der Waals surface area (Å²) >= 11 is 1.59. The first kappa shape index (κ1) is 12.5. The van der Waals surface area contributed by atoms with Gasteiger partial charge in [-0.1, -0.05) is 12.1 Å². The van der Waals surface area contributed by atoms with Crippen molar-refractivity contribution in [3.63, 3.8) is 0 Å². The zero-order valence-corrected chi connectivity index (χ0v) is 12.1. The molecule has 2 aromatic heterocycles. The van der Waals surface area contributed by atoms with Crippen LogP contribution in [0.25, 0.3) is 10.2 Å². The summed E-state index contributed by atoms with van der Waals surface area (Å²) in [6, 6.07) is 11.3. The van der Waals surface area contributed by atoms with Crippen LogP contribution in [0, 0.1) is 0 Å². The number of nitrogens with zero attached hydrogens (tertiary/aromatic N) is 1. The van der Waals surface area contributed by atoms with Crippen LogP contribution in [0.2, 0.25) is 0 Å². The average molecular weight is 295 g/mol. The smallest absolute Gasteiger partial charge is 0.194 e. The first-order chi connectivity index (χ1) is 10.3. The minimum absolute atomic E-state index is 0.0148. The van der Waals surface area contributed by atoms with Crippen molar-refractivity contribution in [2.24, 2.45) is 0 Å². The molecule has 0 amide bonds. The van der Waals surface area contributed by atoms with E-state index < -0.39 is 0 Å². The minimum Gasteiger partial charge on any atom is -0.490 e. The Kier molecular flexibility index (Phi) is 2.97. The molecular formula is C17H13NO2S. The van der Waals surface area contributed by atoms with Gasteiger partial charge >= 0.3 is 0 Å². The maximum Gasteiger partial charge on any atom is 0.194 e. The second-order valence-corrected chi connectivity index (χ2v) is 6.15. The van der Waals surface area contributed by atoms with Gasteiger partial charge in [0, 0.05) is 17.3 Å². The normalized spacial score (nSPS) is 14.3. The van der Waals surface area contributed by atoms with E-state index in [1.54, 1.807) is 17.5 Å². The topological polar surface area (TPSA) is 39.2 Å². The monoisotopic (exact) mass is 295 g/mol. The second-order valence-electron chi connectivity index (χ2n) is 5.20. The van der Waals surface area contributed by atoms with Gasteiger partial charge < -0.3 is 4.74 Å². The Bertz CT molecular complexity index is 820. The molecule has 0 spiro atoms. The van der Waals surface area contributed by atoms with Gasteiger partial charge in [0.2, 0.25) is 0 Å². The number of aromatic nitrogens is 1. The van der Waals surface area contributed by atoms with Crippen LogP contribution >= 0.6 is 11.3 Å². The second kappa shape index (κ2) is 4.97. The average Bonchev–Trinajstić information content (AvgIpc) is 3.20. The lowest BCUT2D eigenvalue weighted by Crippen LogP contribution is -2.03. The van der Waals surface area contributed by atoms with Crippen LogP contribution in [0.5, 0.6) is 5.75 Å². The van der Waals surface area contributed by atoms with Crippen LogP contribution in [0.4, 0.5) is 0 Å². The number of rotatable bonds is 4. The highest BCUT2D eigenvalue weighted by Gasteiger charge is 2.23. The SMILES string of the molecule is O=C(c1cccc(OC2CC2)c1)c1cnc2ccsc2c1. The number of hydrogen-bond donors (Lipinski definition) is 0. The maximum atomic E-state index is 12.6. The maximum absolute atomic E-state index is 12.6. The van der Waals surface area contributed by atoms with Crippen LogP contribution < -0.4 is 4.74 Å². The van der Waals surface area contributed by atoms with Crippen molar-refractivity contribution < 1.29 is 9.53 Å². The fourth-order valence-corrected chi connectivity index (χ4v) is 3.01. The van der Waals surface area contributed by atoms with Gasteiger partial charge in [-0.15, -0.1) is 11.3 Å². The third-order valence-electron chi connectivity index (χ3n) is 3.49. The van der Waals surface area contributed by atoms with Gasteiger partial charge in [-0.2, -0.15) is 0 Å². The van der Waals surface area contributed by atoms with Crippen LogP contribution in [0.3, 0.4) is 0 Å². The molecule has 3 nitrogen and oxygen atoms in total. The molecule has 104 valence electrons. The van der Waals surface area contributed by atoms with Crippen molar-refractivity contribution in [2.45, 2.75) is 18.9 Å². The van der Waals surface area contributed by atoms with E-state index in [2.05, 4.69) is 4.98 Å². The Morgan fingerprint density at radius 3 is 2.95 bits per heavy atom. The van der Waals surface area contributed by atoms with Crippen LogP contribution in [0.1, 0.15) is 28.8 Å². The molecule has 0 atom stereocenters. The summed E-state index contributed by atoms with van der Waals surface area (Å²) in [5.74, 6) is 0.757. The summed E-state index contributed by atoms with van der Waals surface area (Å²) < 4.78 is 6.78. The number of pyridine rings is 1. The van der Waals surface area contributed by atoms with E-state index in [0.717, 1.165) is 28.8 Å². The molecule has 0 unspecified atom stereocenters. The van der Waals surface area contributed by atoms with Gasteiger partial charge in [0.1, 0.15) is 5.75 Å². The molecule has 3 aromatic rings. The molecule has 4 rings (SSSR count). The molecule has 0 aliphatic heterocycles. The van der Waals surface area contributed by atoms with Gasteiger partial charge in [0.25, 0.3) is 0 Å². The predicted molar refractivity (Wildman–Crippen MR) is 83.1 cm³/mol. The molecule has 1 aromatic carbocycles. The predicted octanol–water partition coefficient (Wildman–Crippen LogP) is 4.07. The van der Waals surface area contributed by atoms with Crippen molar-refractivity contribution >= 4 is 27.3 Å².